The van der Waals surface area contributed by atoms with Gasteiger partial charge in [-0.25, -0.2) is 9.97 Å². The van der Waals surface area contributed by atoms with E-state index in [1.54, 1.807) is 0 Å². The molecular weight excluding hydrogens is 322 g/mol. The van der Waals surface area contributed by atoms with Crippen LogP contribution >= 0.6 is 0 Å². The summed E-state index contributed by atoms with van der Waals surface area (Å²) in [7, 11) is 0. The summed E-state index contributed by atoms with van der Waals surface area (Å²) in [6.45, 7) is 5.15. The van der Waals surface area contributed by atoms with E-state index in [9.17, 15) is 9.59 Å². The molecule has 1 aromatic carbocycles. The second kappa shape index (κ2) is 7.29. The molecular formula is C18H19N3O4. The minimum absolute atomic E-state index is 0.120. The molecule has 1 aliphatic heterocycles. The molecule has 0 atom stereocenters. The lowest BCUT2D eigenvalue weighted by molar-refractivity contribution is 0.0652. The zero-order chi connectivity index (χ0) is 17.8. The van der Waals surface area contributed by atoms with Crippen LogP contribution in [-0.4, -0.2) is 46.4 Å². The van der Waals surface area contributed by atoms with Crippen LogP contribution in [0.15, 0.2) is 30.6 Å². The van der Waals surface area contributed by atoms with Gasteiger partial charge in [0.25, 0.3) is 11.8 Å². The van der Waals surface area contributed by atoms with Crippen LogP contribution < -0.4 is 9.47 Å². The summed E-state index contributed by atoms with van der Waals surface area (Å²) < 4.78 is 11.1. The standard InChI is InChI=1S/C18H19N3O4/c1-3-24-13-6-5-12(11-14(13)25-4-2)7-10-21-17(22)15-16(18(21)23)20-9-8-19-15/h5-6,8-9,11H,3-4,7,10H2,1-2H3. The van der Waals surface area contributed by atoms with Crippen molar-refractivity contribution in [2.75, 3.05) is 19.8 Å². The third-order valence-electron chi connectivity index (χ3n) is 3.83. The Hall–Kier alpha value is -2.96. The highest BCUT2D eigenvalue weighted by Gasteiger charge is 2.37. The summed E-state index contributed by atoms with van der Waals surface area (Å²) in [5, 5.41) is 0. The first-order chi connectivity index (χ1) is 12.2. The van der Waals surface area contributed by atoms with E-state index in [0.717, 1.165) is 5.56 Å². The molecule has 0 saturated carbocycles. The highest BCUT2D eigenvalue weighted by Crippen LogP contribution is 2.29. The van der Waals surface area contributed by atoms with Crippen molar-refractivity contribution >= 4 is 11.8 Å². The quantitative estimate of drug-likeness (QED) is 0.718. The van der Waals surface area contributed by atoms with E-state index in [4.69, 9.17) is 9.47 Å². The number of hydrogen-bond donors (Lipinski definition) is 0. The minimum Gasteiger partial charge on any atom is -0.490 e. The number of imide groups is 1. The summed E-state index contributed by atoms with van der Waals surface area (Å²) in [6, 6.07) is 5.63. The van der Waals surface area contributed by atoms with Gasteiger partial charge >= 0.3 is 0 Å². The predicted molar refractivity (Wildman–Crippen MR) is 89.9 cm³/mol. The fourth-order valence-electron chi connectivity index (χ4n) is 2.69. The average Bonchev–Trinajstić information content (AvgIpc) is 2.87. The molecule has 0 unspecified atom stereocenters. The topological polar surface area (TPSA) is 81.6 Å². The monoisotopic (exact) mass is 341 g/mol. The smallest absolute Gasteiger partial charge is 0.281 e. The van der Waals surface area contributed by atoms with Gasteiger partial charge in [-0.1, -0.05) is 6.07 Å². The molecule has 130 valence electrons. The molecule has 2 amide bonds. The maximum atomic E-state index is 12.3. The Morgan fingerprint density at radius 1 is 0.920 bits per heavy atom. The van der Waals surface area contributed by atoms with Crippen LogP contribution in [0.5, 0.6) is 11.5 Å². The van der Waals surface area contributed by atoms with Crippen molar-refractivity contribution < 1.29 is 19.1 Å². The third-order valence-corrected chi connectivity index (χ3v) is 3.83. The zero-order valence-corrected chi connectivity index (χ0v) is 14.2. The molecule has 7 nitrogen and oxygen atoms in total. The van der Waals surface area contributed by atoms with Crippen molar-refractivity contribution in [1.29, 1.82) is 0 Å². The van der Waals surface area contributed by atoms with Crippen molar-refractivity contribution in [2.45, 2.75) is 20.3 Å². The van der Waals surface area contributed by atoms with Crippen molar-refractivity contribution in [2.24, 2.45) is 0 Å². The van der Waals surface area contributed by atoms with Crippen LogP contribution in [-0.2, 0) is 6.42 Å². The molecule has 2 heterocycles. The molecule has 2 aromatic rings. The number of carbonyl (C=O) groups is 2. The van der Waals surface area contributed by atoms with Gasteiger partial charge in [0.2, 0.25) is 0 Å². The SMILES string of the molecule is CCOc1ccc(CCN2C(=O)c3nccnc3C2=O)cc1OCC. The molecule has 0 saturated heterocycles. The Kier molecular flexibility index (Phi) is 4.92. The van der Waals surface area contributed by atoms with Crippen molar-refractivity contribution in [3.05, 3.63) is 47.5 Å². The van der Waals surface area contributed by atoms with Crippen molar-refractivity contribution in [1.82, 2.24) is 14.9 Å². The summed E-state index contributed by atoms with van der Waals surface area (Å²) in [5.74, 6) is 0.544. The van der Waals surface area contributed by atoms with Crippen LogP contribution in [0.2, 0.25) is 0 Å². The number of ether oxygens (including phenoxy) is 2. The zero-order valence-electron chi connectivity index (χ0n) is 14.2. The van der Waals surface area contributed by atoms with Crippen LogP contribution in [0, 0.1) is 0 Å². The van der Waals surface area contributed by atoms with E-state index in [1.807, 2.05) is 32.0 Å². The fourth-order valence-corrected chi connectivity index (χ4v) is 2.69. The summed E-state index contributed by atoms with van der Waals surface area (Å²) in [4.78, 5) is 33.7. The predicted octanol–water partition coefficient (Wildman–Crippen LogP) is 2.11. The van der Waals surface area contributed by atoms with Crippen molar-refractivity contribution in [3.63, 3.8) is 0 Å². The first-order valence-corrected chi connectivity index (χ1v) is 8.21. The van der Waals surface area contributed by atoms with Gasteiger partial charge in [-0.05, 0) is 38.0 Å². The lowest BCUT2D eigenvalue weighted by Gasteiger charge is -2.15. The lowest BCUT2D eigenvalue weighted by Crippen LogP contribution is -2.32. The number of amides is 2. The third kappa shape index (κ3) is 3.31. The normalized spacial score (nSPS) is 13.1. The molecule has 1 aromatic heterocycles. The van der Waals surface area contributed by atoms with Gasteiger partial charge in [0.1, 0.15) is 0 Å². The number of fused-ring (bicyclic) bond motifs is 1. The number of aromatic nitrogens is 2. The van der Waals surface area contributed by atoms with Gasteiger partial charge in [0.15, 0.2) is 22.9 Å². The van der Waals surface area contributed by atoms with Gasteiger partial charge < -0.3 is 9.47 Å². The van der Waals surface area contributed by atoms with Crippen LogP contribution in [0.4, 0.5) is 0 Å². The van der Waals surface area contributed by atoms with Crippen LogP contribution in [0.25, 0.3) is 0 Å². The van der Waals surface area contributed by atoms with Gasteiger partial charge in [-0.15, -0.1) is 0 Å². The average molecular weight is 341 g/mol. The highest BCUT2D eigenvalue weighted by atomic mass is 16.5. The molecule has 1 aliphatic rings. The summed E-state index contributed by atoms with van der Waals surface area (Å²) in [5.41, 5.74) is 1.19. The van der Waals surface area contributed by atoms with Gasteiger partial charge in [-0.2, -0.15) is 0 Å². The van der Waals surface area contributed by atoms with E-state index in [0.29, 0.717) is 31.1 Å². The highest BCUT2D eigenvalue weighted by molar-refractivity contribution is 6.19. The van der Waals surface area contributed by atoms with Gasteiger partial charge in [0, 0.05) is 18.9 Å². The molecule has 0 fully saturated rings. The molecule has 0 spiro atoms. The van der Waals surface area contributed by atoms with Crippen molar-refractivity contribution in [3.8, 4) is 11.5 Å². The van der Waals surface area contributed by atoms with Gasteiger partial charge in [0.05, 0.1) is 13.2 Å². The number of carbonyl (C=O) groups excluding carboxylic acids is 2. The van der Waals surface area contributed by atoms with E-state index in [-0.39, 0.29) is 17.9 Å². The van der Waals surface area contributed by atoms with Gasteiger partial charge in [-0.3, -0.25) is 14.5 Å². The van der Waals surface area contributed by atoms with E-state index in [1.165, 1.54) is 17.3 Å². The second-order valence-electron chi connectivity index (χ2n) is 5.41. The minimum atomic E-state index is -0.399. The van der Waals surface area contributed by atoms with E-state index < -0.39 is 11.8 Å². The molecule has 25 heavy (non-hydrogen) atoms. The molecule has 3 rings (SSSR count). The maximum absolute atomic E-state index is 12.3. The largest absolute Gasteiger partial charge is 0.490 e. The molecule has 0 radical (unpaired) electrons. The number of hydrogen-bond acceptors (Lipinski definition) is 6. The Morgan fingerprint density at radius 2 is 1.52 bits per heavy atom. The molecule has 0 N–H and O–H groups in total. The summed E-state index contributed by atoms with van der Waals surface area (Å²) >= 11 is 0. The Balaban J connectivity index is 1.73. The fraction of sp³-hybridized carbons (Fsp3) is 0.333. The first-order valence-electron chi connectivity index (χ1n) is 8.21. The molecule has 7 heteroatoms. The first kappa shape index (κ1) is 16.9. The number of nitrogens with zero attached hydrogens (tertiary/aromatic N) is 3. The molecule has 0 aliphatic carbocycles. The summed E-state index contributed by atoms with van der Waals surface area (Å²) in [6.07, 6.45) is 3.33. The lowest BCUT2D eigenvalue weighted by atomic mass is 10.1. The Bertz CT molecular complexity index is 772. The van der Waals surface area contributed by atoms with E-state index in [2.05, 4.69) is 9.97 Å². The Morgan fingerprint density at radius 3 is 2.12 bits per heavy atom. The number of benzene rings is 1. The van der Waals surface area contributed by atoms with Crippen LogP contribution in [0.3, 0.4) is 0 Å². The second-order valence-corrected chi connectivity index (χ2v) is 5.41. The van der Waals surface area contributed by atoms with Crippen LogP contribution in [0.1, 0.15) is 40.4 Å². The van der Waals surface area contributed by atoms with E-state index >= 15 is 0 Å². The number of rotatable bonds is 7. The Labute approximate surface area is 145 Å². The molecule has 0 bridgehead atoms. The maximum Gasteiger partial charge on any atom is 0.281 e.